The van der Waals surface area contributed by atoms with Crippen LogP contribution in [0.15, 0.2) is 16.6 Å². The second-order valence-corrected chi connectivity index (χ2v) is 5.03. The van der Waals surface area contributed by atoms with Crippen LogP contribution in [0.5, 0.6) is 0 Å². The lowest BCUT2D eigenvalue weighted by molar-refractivity contribution is 0.641. The van der Waals surface area contributed by atoms with Gasteiger partial charge in [-0.2, -0.15) is 0 Å². The van der Waals surface area contributed by atoms with E-state index >= 15 is 0 Å². The highest BCUT2D eigenvalue weighted by Crippen LogP contribution is 2.25. The van der Waals surface area contributed by atoms with Crippen molar-refractivity contribution in [2.45, 2.75) is 13.0 Å². The molecular formula is C9H9BrIN. The van der Waals surface area contributed by atoms with Crippen molar-refractivity contribution >= 4 is 38.5 Å². The van der Waals surface area contributed by atoms with E-state index in [9.17, 15) is 0 Å². The van der Waals surface area contributed by atoms with E-state index < -0.39 is 0 Å². The molecule has 1 aromatic carbocycles. The Kier molecular flexibility index (Phi) is 2.72. The van der Waals surface area contributed by atoms with Crippen LogP contribution in [0.25, 0.3) is 0 Å². The largest absolute Gasteiger partial charge is 0.312 e. The Balaban J connectivity index is 2.53. The predicted molar refractivity (Wildman–Crippen MR) is 62.3 cm³/mol. The predicted octanol–water partition coefficient (Wildman–Crippen LogP) is 2.70. The van der Waals surface area contributed by atoms with Crippen molar-refractivity contribution < 1.29 is 0 Å². The standard InChI is InChI=1S/C9H9BrIN/c10-7-3-6-1-2-12-5-8(6)9(11)4-7/h3-4,12H,1-2,5H2. The summed E-state index contributed by atoms with van der Waals surface area (Å²) in [5, 5.41) is 3.38. The van der Waals surface area contributed by atoms with Crippen molar-refractivity contribution in [2.24, 2.45) is 0 Å². The molecule has 1 aromatic rings. The smallest absolute Gasteiger partial charge is 0.0218 e. The van der Waals surface area contributed by atoms with Gasteiger partial charge in [0.05, 0.1) is 0 Å². The molecule has 0 fully saturated rings. The Morgan fingerprint density at radius 3 is 3.08 bits per heavy atom. The molecule has 12 heavy (non-hydrogen) atoms. The highest BCUT2D eigenvalue weighted by atomic mass is 127. The maximum atomic E-state index is 3.52. The Morgan fingerprint density at radius 2 is 2.25 bits per heavy atom. The van der Waals surface area contributed by atoms with Gasteiger partial charge in [-0.3, -0.25) is 0 Å². The molecule has 1 nitrogen and oxygen atoms in total. The first-order valence-corrected chi connectivity index (χ1v) is 5.82. The van der Waals surface area contributed by atoms with Crippen LogP contribution in [0.2, 0.25) is 0 Å². The van der Waals surface area contributed by atoms with Gasteiger partial charge >= 0.3 is 0 Å². The normalized spacial score (nSPS) is 15.8. The van der Waals surface area contributed by atoms with Gasteiger partial charge in [0.1, 0.15) is 0 Å². The maximum absolute atomic E-state index is 3.52. The van der Waals surface area contributed by atoms with Crippen molar-refractivity contribution in [3.8, 4) is 0 Å². The molecule has 0 saturated carbocycles. The molecule has 1 heterocycles. The molecular weight excluding hydrogens is 329 g/mol. The van der Waals surface area contributed by atoms with E-state index in [0.29, 0.717) is 0 Å². The number of rotatable bonds is 0. The molecule has 1 N–H and O–H groups in total. The van der Waals surface area contributed by atoms with Crippen molar-refractivity contribution in [2.75, 3.05) is 6.54 Å². The molecule has 3 heteroatoms. The summed E-state index contributed by atoms with van der Waals surface area (Å²) in [4.78, 5) is 0. The SMILES string of the molecule is Brc1cc(I)c2c(c1)CCNC2. The zero-order valence-electron chi connectivity index (χ0n) is 6.53. The first-order chi connectivity index (χ1) is 5.77. The lowest BCUT2D eigenvalue weighted by Crippen LogP contribution is -2.24. The Bertz CT molecular complexity index is 312. The lowest BCUT2D eigenvalue weighted by atomic mass is 10.0. The second kappa shape index (κ2) is 3.64. The van der Waals surface area contributed by atoms with E-state index in [1.807, 2.05) is 0 Å². The topological polar surface area (TPSA) is 12.0 Å². The second-order valence-electron chi connectivity index (χ2n) is 2.95. The molecule has 0 unspecified atom stereocenters. The minimum Gasteiger partial charge on any atom is -0.312 e. The summed E-state index contributed by atoms with van der Waals surface area (Å²) in [7, 11) is 0. The van der Waals surface area contributed by atoms with Gasteiger partial charge in [0.2, 0.25) is 0 Å². The Morgan fingerprint density at radius 1 is 1.42 bits per heavy atom. The summed E-state index contributed by atoms with van der Waals surface area (Å²) in [6.45, 7) is 2.14. The summed E-state index contributed by atoms with van der Waals surface area (Å²) in [5.74, 6) is 0. The molecule has 0 radical (unpaired) electrons. The molecule has 1 aliphatic heterocycles. The first-order valence-electron chi connectivity index (χ1n) is 3.95. The quantitative estimate of drug-likeness (QED) is 0.718. The van der Waals surface area contributed by atoms with Gasteiger partial charge in [0, 0.05) is 14.6 Å². The average Bonchev–Trinajstić information content (AvgIpc) is 2.04. The summed E-state index contributed by atoms with van der Waals surface area (Å²) in [6, 6.07) is 4.41. The molecule has 0 saturated heterocycles. The van der Waals surface area contributed by atoms with Crippen molar-refractivity contribution in [1.29, 1.82) is 0 Å². The minimum absolute atomic E-state index is 1.03. The minimum atomic E-state index is 1.03. The van der Waals surface area contributed by atoms with Crippen LogP contribution in [0.4, 0.5) is 0 Å². The maximum Gasteiger partial charge on any atom is 0.0218 e. The van der Waals surface area contributed by atoms with Gasteiger partial charge < -0.3 is 5.32 Å². The van der Waals surface area contributed by atoms with Crippen LogP contribution in [-0.2, 0) is 13.0 Å². The average molecular weight is 338 g/mol. The number of fused-ring (bicyclic) bond motifs is 1. The molecule has 1 aliphatic rings. The van der Waals surface area contributed by atoms with Gasteiger partial charge in [0.15, 0.2) is 0 Å². The third kappa shape index (κ3) is 1.67. The summed E-state index contributed by atoms with van der Waals surface area (Å²) in [6.07, 6.45) is 1.16. The number of hydrogen-bond donors (Lipinski definition) is 1. The molecule has 0 bridgehead atoms. The van der Waals surface area contributed by atoms with E-state index in [-0.39, 0.29) is 0 Å². The molecule has 0 aromatic heterocycles. The Hall–Kier alpha value is 0.390. The van der Waals surface area contributed by atoms with Crippen LogP contribution >= 0.6 is 38.5 Å². The lowest BCUT2D eigenvalue weighted by Gasteiger charge is -2.18. The fourth-order valence-corrected chi connectivity index (χ4v) is 3.32. The van der Waals surface area contributed by atoms with E-state index in [1.54, 1.807) is 0 Å². The number of benzene rings is 1. The van der Waals surface area contributed by atoms with E-state index in [4.69, 9.17) is 0 Å². The van der Waals surface area contributed by atoms with E-state index in [2.05, 4.69) is 56.0 Å². The number of hydrogen-bond acceptors (Lipinski definition) is 1. The number of nitrogens with one attached hydrogen (secondary N) is 1. The van der Waals surface area contributed by atoms with Crippen LogP contribution in [0.1, 0.15) is 11.1 Å². The molecule has 0 atom stereocenters. The monoisotopic (exact) mass is 337 g/mol. The van der Waals surface area contributed by atoms with Gasteiger partial charge in [-0.15, -0.1) is 0 Å². The third-order valence-electron chi connectivity index (χ3n) is 2.13. The van der Waals surface area contributed by atoms with E-state index in [1.165, 1.54) is 19.2 Å². The highest BCUT2D eigenvalue weighted by Gasteiger charge is 2.11. The van der Waals surface area contributed by atoms with E-state index in [0.717, 1.165) is 19.5 Å². The van der Waals surface area contributed by atoms with Gasteiger partial charge in [-0.05, 0) is 58.8 Å². The van der Waals surface area contributed by atoms with Crippen molar-refractivity contribution in [3.63, 3.8) is 0 Å². The summed E-state index contributed by atoms with van der Waals surface area (Å²) >= 11 is 5.91. The van der Waals surface area contributed by atoms with Gasteiger partial charge in [0.25, 0.3) is 0 Å². The van der Waals surface area contributed by atoms with Crippen LogP contribution in [0.3, 0.4) is 0 Å². The molecule has 0 aliphatic carbocycles. The molecule has 0 amide bonds. The molecule has 2 rings (SSSR count). The zero-order valence-corrected chi connectivity index (χ0v) is 10.3. The summed E-state index contributed by atoms with van der Waals surface area (Å²) < 4.78 is 2.57. The third-order valence-corrected chi connectivity index (χ3v) is 3.55. The van der Waals surface area contributed by atoms with Crippen LogP contribution < -0.4 is 5.32 Å². The fourth-order valence-electron chi connectivity index (χ4n) is 1.51. The van der Waals surface area contributed by atoms with Crippen molar-refractivity contribution in [3.05, 3.63) is 31.3 Å². The number of halogens is 2. The highest BCUT2D eigenvalue weighted by molar-refractivity contribution is 14.1. The van der Waals surface area contributed by atoms with Crippen LogP contribution in [0, 0.1) is 3.57 Å². The zero-order chi connectivity index (χ0) is 8.55. The van der Waals surface area contributed by atoms with Gasteiger partial charge in [-0.25, -0.2) is 0 Å². The van der Waals surface area contributed by atoms with Gasteiger partial charge in [-0.1, -0.05) is 15.9 Å². The van der Waals surface area contributed by atoms with Crippen molar-refractivity contribution in [1.82, 2.24) is 5.32 Å². The molecule has 64 valence electrons. The Labute approximate surface area is 94.2 Å². The first kappa shape index (κ1) is 8.97. The fraction of sp³-hybridized carbons (Fsp3) is 0.333. The summed E-state index contributed by atoms with van der Waals surface area (Å²) in [5.41, 5.74) is 2.97. The van der Waals surface area contributed by atoms with Crippen LogP contribution in [-0.4, -0.2) is 6.54 Å². The molecule has 0 spiro atoms.